The van der Waals surface area contributed by atoms with E-state index in [4.69, 9.17) is 11.6 Å². The van der Waals surface area contributed by atoms with Gasteiger partial charge in [0.1, 0.15) is 0 Å². The third kappa shape index (κ3) is 4.28. The van der Waals surface area contributed by atoms with Gasteiger partial charge in [-0.2, -0.15) is 13.2 Å². The third-order valence-corrected chi connectivity index (χ3v) is 2.81. The first-order valence-corrected chi connectivity index (χ1v) is 6.10. The summed E-state index contributed by atoms with van der Waals surface area (Å²) in [5, 5.41) is 11.8. The van der Waals surface area contributed by atoms with Gasteiger partial charge in [0, 0.05) is 12.2 Å². The van der Waals surface area contributed by atoms with Crippen molar-refractivity contribution in [3.05, 3.63) is 29.3 Å². The number of aliphatic hydroxyl groups excluding tert-OH is 1. The van der Waals surface area contributed by atoms with Crippen LogP contribution in [-0.2, 0) is 10.9 Å². The largest absolute Gasteiger partial charge is 0.465 e. The lowest BCUT2D eigenvalue weighted by Crippen LogP contribution is -2.21. The highest BCUT2D eigenvalue weighted by molar-refractivity contribution is 6.18. The number of carbonyl (C=O) groups is 1. The molecule has 0 aliphatic rings. The van der Waals surface area contributed by atoms with Crippen LogP contribution in [0.4, 0.5) is 18.9 Å². The summed E-state index contributed by atoms with van der Waals surface area (Å²) in [6.45, 7) is -0.00162. The fourth-order valence-corrected chi connectivity index (χ4v) is 1.58. The van der Waals surface area contributed by atoms with Crippen molar-refractivity contribution in [2.45, 2.75) is 12.3 Å². The molecule has 0 aliphatic carbocycles. The number of nitrogens with one attached hydrogen (secondary N) is 1. The molecule has 8 heteroatoms. The van der Waals surface area contributed by atoms with Crippen molar-refractivity contribution >= 4 is 23.3 Å². The molecule has 2 N–H and O–H groups in total. The van der Waals surface area contributed by atoms with Crippen LogP contribution < -0.4 is 5.32 Å². The van der Waals surface area contributed by atoms with E-state index >= 15 is 0 Å². The van der Waals surface area contributed by atoms with Crippen molar-refractivity contribution in [1.82, 2.24) is 0 Å². The van der Waals surface area contributed by atoms with Crippen molar-refractivity contribution in [2.75, 3.05) is 24.9 Å². The summed E-state index contributed by atoms with van der Waals surface area (Å²) < 4.78 is 43.0. The minimum atomic E-state index is -4.69. The zero-order valence-electron chi connectivity index (χ0n) is 10.5. The van der Waals surface area contributed by atoms with E-state index in [2.05, 4.69) is 10.1 Å². The minimum absolute atomic E-state index is 0.00162. The van der Waals surface area contributed by atoms with Crippen molar-refractivity contribution < 1.29 is 27.8 Å². The molecular weight excluding hydrogens is 299 g/mol. The molecule has 0 bridgehead atoms. The fourth-order valence-electron chi connectivity index (χ4n) is 1.47. The molecular formula is C12H13ClF3NO3. The van der Waals surface area contributed by atoms with Crippen LogP contribution in [0, 0.1) is 0 Å². The summed E-state index contributed by atoms with van der Waals surface area (Å²) in [4.78, 5) is 11.3. The van der Waals surface area contributed by atoms with Gasteiger partial charge in [0.2, 0.25) is 0 Å². The molecule has 112 valence electrons. The van der Waals surface area contributed by atoms with Gasteiger partial charge in [-0.3, -0.25) is 0 Å². The summed E-state index contributed by atoms with van der Waals surface area (Å²) >= 11 is 5.38. The van der Waals surface area contributed by atoms with Crippen LogP contribution in [0.25, 0.3) is 0 Å². The van der Waals surface area contributed by atoms with Crippen LogP contribution in [0.5, 0.6) is 0 Å². The number of benzene rings is 1. The Kier molecular flexibility index (Phi) is 5.64. The number of methoxy groups -OCH3 is 1. The molecule has 0 amide bonds. The average Bonchev–Trinajstić information content (AvgIpc) is 2.42. The number of rotatable bonds is 5. The second-order valence-electron chi connectivity index (χ2n) is 3.94. The molecule has 0 saturated heterocycles. The molecule has 4 nitrogen and oxygen atoms in total. The number of esters is 1. The van der Waals surface area contributed by atoms with Gasteiger partial charge in [-0.05, 0) is 18.2 Å². The van der Waals surface area contributed by atoms with E-state index < -0.39 is 29.4 Å². The topological polar surface area (TPSA) is 58.6 Å². The van der Waals surface area contributed by atoms with Crippen LogP contribution in [0.1, 0.15) is 15.9 Å². The highest BCUT2D eigenvalue weighted by Crippen LogP contribution is 2.34. The first-order valence-electron chi connectivity index (χ1n) is 5.57. The van der Waals surface area contributed by atoms with E-state index in [1.807, 2.05) is 0 Å². The molecule has 1 rings (SSSR count). The second kappa shape index (κ2) is 6.81. The van der Waals surface area contributed by atoms with Crippen LogP contribution >= 0.6 is 11.6 Å². The maximum atomic E-state index is 12.9. The zero-order valence-corrected chi connectivity index (χ0v) is 11.3. The second-order valence-corrected chi connectivity index (χ2v) is 4.25. The van der Waals surface area contributed by atoms with Crippen LogP contribution in [0.2, 0.25) is 0 Å². The molecule has 1 atom stereocenters. The van der Waals surface area contributed by atoms with Gasteiger partial charge in [-0.1, -0.05) is 0 Å². The third-order valence-electron chi connectivity index (χ3n) is 2.45. The fraction of sp³-hybridized carbons (Fsp3) is 0.417. The molecule has 0 radical (unpaired) electrons. The Morgan fingerprint density at radius 3 is 2.65 bits per heavy atom. The van der Waals surface area contributed by atoms with Crippen LogP contribution in [0.3, 0.4) is 0 Å². The quantitative estimate of drug-likeness (QED) is 0.648. The van der Waals surface area contributed by atoms with Gasteiger partial charge in [0.05, 0.1) is 30.2 Å². The molecule has 1 unspecified atom stereocenters. The maximum absolute atomic E-state index is 12.9. The number of aliphatic hydroxyl groups is 1. The van der Waals surface area contributed by atoms with Gasteiger partial charge in [0.15, 0.2) is 0 Å². The summed E-state index contributed by atoms with van der Waals surface area (Å²) in [5.41, 5.74) is -1.55. The van der Waals surface area contributed by atoms with Crippen molar-refractivity contribution in [2.24, 2.45) is 0 Å². The summed E-state index contributed by atoms with van der Waals surface area (Å²) in [7, 11) is 1.01. The van der Waals surface area contributed by atoms with Gasteiger partial charge in [0.25, 0.3) is 0 Å². The zero-order chi connectivity index (χ0) is 15.3. The molecule has 0 aromatic heterocycles. The Labute approximate surface area is 118 Å². The Bertz CT molecular complexity index is 480. The number of alkyl halides is 4. The predicted octanol–water partition coefficient (Wildman–Crippen LogP) is 2.50. The van der Waals surface area contributed by atoms with Crippen molar-refractivity contribution in [3.63, 3.8) is 0 Å². The lowest BCUT2D eigenvalue weighted by Gasteiger charge is -2.15. The van der Waals surface area contributed by atoms with E-state index in [1.54, 1.807) is 0 Å². The van der Waals surface area contributed by atoms with E-state index in [9.17, 15) is 23.1 Å². The molecule has 20 heavy (non-hydrogen) atoms. The molecule has 0 saturated carbocycles. The number of carbonyl (C=O) groups excluding carboxylic acids is 1. The Morgan fingerprint density at radius 1 is 1.50 bits per heavy atom. The summed E-state index contributed by atoms with van der Waals surface area (Å²) in [5.74, 6) is -1.11. The summed E-state index contributed by atoms with van der Waals surface area (Å²) in [6.07, 6.45) is -5.57. The van der Waals surface area contributed by atoms with Crippen LogP contribution in [0.15, 0.2) is 18.2 Å². The maximum Gasteiger partial charge on any atom is 0.417 e. The Morgan fingerprint density at radius 2 is 2.15 bits per heavy atom. The predicted molar refractivity (Wildman–Crippen MR) is 68.0 cm³/mol. The van der Waals surface area contributed by atoms with E-state index in [-0.39, 0.29) is 18.1 Å². The SMILES string of the molecule is COC(=O)c1ccc(NCC(O)CCl)cc1C(F)(F)F. The average molecular weight is 312 g/mol. The van der Waals surface area contributed by atoms with Crippen LogP contribution in [-0.4, -0.2) is 36.7 Å². The lowest BCUT2D eigenvalue weighted by molar-refractivity contribution is -0.138. The van der Waals surface area contributed by atoms with Gasteiger partial charge in [-0.25, -0.2) is 4.79 Å². The molecule has 0 spiro atoms. The van der Waals surface area contributed by atoms with Gasteiger partial charge >= 0.3 is 12.1 Å². The number of anilines is 1. The smallest absolute Gasteiger partial charge is 0.417 e. The number of halogens is 4. The first-order chi connectivity index (χ1) is 9.29. The number of hydrogen-bond acceptors (Lipinski definition) is 4. The highest BCUT2D eigenvalue weighted by atomic mass is 35.5. The Balaban J connectivity index is 3.05. The molecule has 1 aromatic rings. The number of hydrogen-bond donors (Lipinski definition) is 2. The van der Waals surface area contributed by atoms with E-state index in [0.29, 0.717) is 0 Å². The normalized spacial score (nSPS) is 12.9. The Hall–Kier alpha value is -1.47. The van der Waals surface area contributed by atoms with Gasteiger partial charge in [-0.15, -0.1) is 11.6 Å². The minimum Gasteiger partial charge on any atom is -0.465 e. The number of ether oxygens (including phenoxy) is 1. The first kappa shape index (κ1) is 16.6. The molecule has 0 aliphatic heterocycles. The summed E-state index contributed by atoms with van der Waals surface area (Å²) in [6, 6.07) is 3.10. The molecule has 0 fully saturated rings. The standard InChI is InChI=1S/C12H13ClF3NO3/c1-20-11(19)9-3-2-7(17-6-8(18)5-13)4-10(9)12(14,15)16/h2-4,8,17-18H,5-6H2,1H3. The van der Waals surface area contributed by atoms with Crippen molar-refractivity contribution in [3.8, 4) is 0 Å². The van der Waals surface area contributed by atoms with E-state index in [1.165, 1.54) is 6.07 Å². The highest BCUT2D eigenvalue weighted by Gasteiger charge is 2.35. The lowest BCUT2D eigenvalue weighted by atomic mass is 10.1. The van der Waals surface area contributed by atoms with E-state index in [0.717, 1.165) is 19.2 Å². The monoisotopic (exact) mass is 311 g/mol. The molecule has 1 aromatic carbocycles. The van der Waals surface area contributed by atoms with Gasteiger partial charge < -0.3 is 15.2 Å². The van der Waals surface area contributed by atoms with Crippen molar-refractivity contribution in [1.29, 1.82) is 0 Å². The molecule has 0 heterocycles.